The van der Waals surface area contributed by atoms with E-state index >= 15 is 0 Å². The summed E-state index contributed by atoms with van der Waals surface area (Å²) in [6.45, 7) is 3.26. The first-order chi connectivity index (χ1) is 12.5. The normalized spacial score (nSPS) is 15.0. The van der Waals surface area contributed by atoms with Gasteiger partial charge in [-0.1, -0.05) is 35.0 Å². The van der Waals surface area contributed by atoms with E-state index in [2.05, 4.69) is 5.16 Å². The smallest absolute Gasteiger partial charge is 0.305 e. The lowest BCUT2D eigenvalue weighted by Gasteiger charge is -2.33. The number of amides is 1. The van der Waals surface area contributed by atoms with Gasteiger partial charge >= 0.3 is 5.97 Å². The Morgan fingerprint density at radius 3 is 2.58 bits per heavy atom. The van der Waals surface area contributed by atoms with Crippen molar-refractivity contribution in [2.24, 2.45) is 0 Å². The Morgan fingerprint density at radius 2 is 1.92 bits per heavy atom. The summed E-state index contributed by atoms with van der Waals surface area (Å²) in [5, 5.41) is 13.0. The number of benzene rings is 1. The van der Waals surface area contributed by atoms with Crippen molar-refractivity contribution in [3.63, 3.8) is 0 Å². The summed E-state index contributed by atoms with van der Waals surface area (Å²) in [6.07, 6.45) is 1.26. The first-order valence-electron chi connectivity index (χ1n) is 8.69. The number of hydrogen-bond acceptors (Lipinski definition) is 5. The van der Waals surface area contributed by atoms with Gasteiger partial charge in [-0.05, 0) is 19.8 Å². The molecule has 0 aliphatic carbocycles. The van der Waals surface area contributed by atoms with Gasteiger partial charge in [0.15, 0.2) is 0 Å². The summed E-state index contributed by atoms with van der Waals surface area (Å²) >= 11 is 0. The van der Waals surface area contributed by atoms with E-state index in [1.165, 1.54) is 0 Å². The SMILES string of the molecule is Cc1ccc(-c2cc(C(=O)N(CCC(=O)O)C3CCOCC3)on2)cc1. The highest BCUT2D eigenvalue weighted by atomic mass is 16.5. The van der Waals surface area contributed by atoms with Crippen LogP contribution in [0.25, 0.3) is 11.3 Å². The number of carbonyl (C=O) groups is 2. The second-order valence-corrected chi connectivity index (χ2v) is 6.43. The van der Waals surface area contributed by atoms with Crippen LogP contribution in [0.3, 0.4) is 0 Å². The highest BCUT2D eigenvalue weighted by Crippen LogP contribution is 2.23. The Morgan fingerprint density at radius 1 is 1.23 bits per heavy atom. The molecule has 0 bridgehead atoms. The van der Waals surface area contributed by atoms with Gasteiger partial charge in [-0.3, -0.25) is 9.59 Å². The molecule has 0 spiro atoms. The van der Waals surface area contributed by atoms with Crippen molar-refractivity contribution in [1.29, 1.82) is 0 Å². The van der Waals surface area contributed by atoms with Crippen molar-refractivity contribution in [3.8, 4) is 11.3 Å². The van der Waals surface area contributed by atoms with Gasteiger partial charge in [-0.25, -0.2) is 0 Å². The fraction of sp³-hybridized carbons (Fsp3) is 0.421. The van der Waals surface area contributed by atoms with Crippen LogP contribution in [0, 0.1) is 6.92 Å². The summed E-state index contributed by atoms with van der Waals surface area (Å²) in [4.78, 5) is 25.5. The Bertz CT molecular complexity index is 762. The third-order valence-corrected chi connectivity index (χ3v) is 4.53. The number of aliphatic carboxylic acids is 1. The highest BCUT2D eigenvalue weighted by molar-refractivity contribution is 5.93. The van der Waals surface area contributed by atoms with Crippen LogP contribution in [0.15, 0.2) is 34.9 Å². The van der Waals surface area contributed by atoms with Gasteiger partial charge in [0.05, 0.1) is 6.42 Å². The fourth-order valence-electron chi connectivity index (χ4n) is 3.04. The van der Waals surface area contributed by atoms with Crippen molar-refractivity contribution in [3.05, 3.63) is 41.7 Å². The van der Waals surface area contributed by atoms with E-state index in [1.807, 2.05) is 31.2 Å². The van der Waals surface area contributed by atoms with Gasteiger partial charge in [-0.2, -0.15) is 0 Å². The second-order valence-electron chi connectivity index (χ2n) is 6.43. The van der Waals surface area contributed by atoms with E-state index in [1.54, 1.807) is 11.0 Å². The van der Waals surface area contributed by atoms with Crippen LogP contribution in [0.4, 0.5) is 0 Å². The van der Waals surface area contributed by atoms with Crippen LogP contribution in [-0.4, -0.2) is 52.8 Å². The summed E-state index contributed by atoms with van der Waals surface area (Å²) in [7, 11) is 0. The number of aryl methyl sites for hydroxylation is 1. The van der Waals surface area contributed by atoms with Crippen molar-refractivity contribution in [1.82, 2.24) is 10.1 Å². The van der Waals surface area contributed by atoms with E-state index in [0.29, 0.717) is 31.7 Å². The minimum absolute atomic E-state index is 0.0523. The number of carbonyl (C=O) groups excluding carboxylic acids is 1. The summed E-state index contributed by atoms with van der Waals surface area (Å²) in [5.74, 6) is -1.14. The zero-order chi connectivity index (χ0) is 18.5. The number of carboxylic acid groups (broad SMARTS) is 1. The van der Waals surface area contributed by atoms with Gasteiger partial charge in [-0.15, -0.1) is 0 Å². The number of aromatic nitrogens is 1. The van der Waals surface area contributed by atoms with Crippen LogP contribution in [-0.2, 0) is 9.53 Å². The molecule has 1 N–H and O–H groups in total. The first kappa shape index (κ1) is 18.1. The average molecular weight is 358 g/mol. The van der Waals surface area contributed by atoms with Crippen LogP contribution in [0.1, 0.15) is 35.4 Å². The van der Waals surface area contributed by atoms with Gasteiger partial charge in [0, 0.05) is 37.4 Å². The molecule has 1 aromatic heterocycles. The number of rotatable bonds is 6. The predicted octanol–water partition coefficient (Wildman–Crippen LogP) is 2.75. The molecule has 1 aliphatic heterocycles. The van der Waals surface area contributed by atoms with Crippen LogP contribution in [0.2, 0.25) is 0 Å². The van der Waals surface area contributed by atoms with E-state index in [0.717, 1.165) is 11.1 Å². The Balaban J connectivity index is 1.79. The standard InChI is InChI=1S/C19H22N2O5/c1-13-2-4-14(5-3-13)16-12-17(26-20-16)19(24)21(9-6-18(22)23)15-7-10-25-11-8-15/h2-5,12,15H,6-11H2,1H3,(H,22,23). The topological polar surface area (TPSA) is 92.9 Å². The largest absolute Gasteiger partial charge is 0.481 e. The van der Waals surface area contributed by atoms with E-state index < -0.39 is 5.97 Å². The Hall–Kier alpha value is -2.67. The zero-order valence-electron chi connectivity index (χ0n) is 14.7. The minimum Gasteiger partial charge on any atom is -0.481 e. The average Bonchev–Trinajstić information content (AvgIpc) is 3.13. The summed E-state index contributed by atoms with van der Waals surface area (Å²) in [5.41, 5.74) is 2.58. The molecule has 2 aromatic rings. The Kier molecular flexibility index (Phi) is 5.68. The fourth-order valence-corrected chi connectivity index (χ4v) is 3.04. The highest BCUT2D eigenvalue weighted by Gasteiger charge is 2.29. The monoisotopic (exact) mass is 358 g/mol. The molecule has 1 saturated heterocycles. The molecule has 1 amide bonds. The van der Waals surface area contributed by atoms with Gasteiger partial charge in [0.25, 0.3) is 5.91 Å². The Labute approximate surface area is 151 Å². The first-order valence-corrected chi connectivity index (χ1v) is 8.69. The molecule has 7 nitrogen and oxygen atoms in total. The maximum absolute atomic E-state index is 12.9. The van der Waals surface area contributed by atoms with Crippen molar-refractivity contribution >= 4 is 11.9 Å². The van der Waals surface area contributed by atoms with E-state index in [4.69, 9.17) is 14.4 Å². The minimum atomic E-state index is -0.937. The van der Waals surface area contributed by atoms with Crippen molar-refractivity contribution in [2.75, 3.05) is 19.8 Å². The molecule has 7 heteroatoms. The van der Waals surface area contributed by atoms with Gasteiger partial charge < -0.3 is 19.3 Å². The quantitative estimate of drug-likeness (QED) is 0.853. The van der Waals surface area contributed by atoms with Crippen molar-refractivity contribution < 1.29 is 24.0 Å². The molecule has 0 saturated carbocycles. The zero-order valence-corrected chi connectivity index (χ0v) is 14.7. The lowest BCUT2D eigenvalue weighted by molar-refractivity contribution is -0.137. The summed E-state index contributed by atoms with van der Waals surface area (Å²) in [6, 6.07) is 9.33. The summed E-state index contributed by atoms with van der Waals surface area (Å²) < 4.78 is 10.6. The van der Waals surface area contributed by atoms with Crippen LogP contribution < -0.4 is 0 Å². The van der Waals surface area contributed by atoms with E-state index in [-0.39, 0.29) is 30.7 Å². The maximum Gasteiger partial charge on any atom is 0.305 e. The molecular formula is C19H22N2O5. The third-order valence-electron chi connectivity index (χ3n) is 4.53. The van der Waals surface area contributed by atoms with Crippen molar-refractivity contribution in [2.45, 2.75) is 32.2 Å². The van der Waals surface area contributed by atoms with Crippen LogP contribution >= 0.6 is 0 Å². The molecular weight excluding hydrogens is 336 g/mol. The lowest BCUT2D eigenvalue weighted by Crippen LogP contribution is -2.44. The number of ether oxygens (including phenoxy) is 1. The molecule has 26 heavy (non-hydrogen) atoms. The molecule has 138 valence electrons. The van der Waals surface area contributed by atoms with Crippen LogP contribution in [0.5, 0.6) is 0 Å². The van der Waals surface area contributed by atoms with E-state index in [9.17, 15) is 9.59 Å². The number of nitrogens with zero attached hydrogens (tertiary/aromatic N) is 2. The third kappa shape index (κ3) is 4.29. The molecule has 2 heterocycles. The molecule has 1 aromatic carbocycles. The van der Waals surface area contributed by atoms with Gasteiger partial charge in [0.2, 0.25) is 5.76 Å². The lowest BCUT2D eigenvalue weighted by atomic mass is 10.1. The molecule has 3 rings (SSSR count). The van der Waals surface area contributed by atoms with Gasteiger partial charge in [0.1, 0.15) is 5.69 Å². The maximum atomic E-state index is 12.9. The predicted molar refractivity (Wildman–Crippen MR) is 93.8 cm³/mol. The molecule has 0 atom stereocenters. The molecule has 1 fully saturated rings. The number of hydrogen-bond donors (Lipinski definition) is 1. The second kappa shape index (κ2) is 8.14. The molecule has 0 radical (unpaired) electrons. The molecule has 0 unspecified atom stereocenters. The molecule has 1 aliphatic rings. The number of carboxylic acids is 1.